The van der Waals surface area contributed by atoms with Crippen LogP contribution in [0.15, 0.2) is 0 Å². The predicted octanol–water partition coefficient (Wildman–Crippen LogP) is -0.744. The number of nitrogens with zero attached hydrogens (tertiary/aromatic N) is 4. The molecular formula is C19H38N4O5. The summed E-state index contributed by atoms with van der Waals surface area (Å²) >= 11 is 0. The Morgan fingerprint density at radius 1 is 0.857 bits per heavy atom. The largest absolute Gasteiger partial charge is 0.480 e. The lowest BCUT2D eigenvalue weighted by Gasteiger charge is -2.33. The number of ether oxygens (including phenoxy) is 1. The van der Waals surface area contributed by atoms with Gasteiger partial charge in [0.2, 0.25) is 0 Å². The fourth-order valence-corrected chi connectivity index (χ4v) is 3.31. The number of carbonyl (C=O) groups is 2. The first-order valence-corrected chi connectivity index (χ1v) is 10.3. The monoisotopic (exact) mass is 402 g/mol. The highest BCUT2D eigenvalue weighted by Gasteiger charge is 2.19. The van der Waals surface area contributed by atoms with Gasteiger partial charge in [0.25, 0.3) is 0 Å². The van der Waals surface area contributed by atoms with Crippen molar-refractivity contribution in [3.8, 4) is 0 Å². The van der Waals surface area contributed by atoms with Crippen molar-refractivity contribution in [3.05, 3.63) is 0 Å². The van der Waals surface area contributed by atoms with Crippen LogP contribution in [0.5, 0.6) is 0 Å². The molecule has 28 heavy (non-hydrogen) atoms. The second kappa shape index (κ2) is 13.8. The Kier molecular flexibility index (Phi) is 12.2. The molecule has 164 valence electrons. The summed E-state index contributed by atoms with van der Waals surface area (Å²) in [6, 6.07) is 0. The van der Waals surface area contributed by atoms with Crippen LogP contribution in [0, 0.1) is 0 Å². The van der Waals surface area contributed by atoms with Gasteiger partial charge in [-0.2, -0.15) is 0 Å². The Balaban J connectivity index is 2.74. The van der Waals surface area contributed by atoms with Gasteiger partial charge in [-0.3, -0.25) is 19.4 Å². The van der Waals surface area contributed by atoms with Crippen LogP contribution in [-0.4, -0.2) is 133 Å². The van der Waals surface area contributed by atoms with Gasteiger partial charge in [-0.25, -0.2) is 0 Å². The molecule has 1 saturated heterocycles. The summed E-state index contributed by atoms with van der Waals surface area (Å²) in [6.45, 7) is 14.3. The summed E-state index contributed by atoms with van der Waals surface area (Å²) in [7, 11) is 0. The van der Waals surface area contributed by atoms with Crippen molar-refractivity contribution in [2.24, 2.45) is 0 Å². The average Bonchev–Trinajstić information content (AvgIpc) is 2.64. The number of carbonyl (C=O) groups excluding carboxylic acids is 1. The molecule has 1 atom stereocenters. The number of hydrogen-bond acceptors (Lipinski definition) is 8. The standard InChI is InChI=1S/C19H38N4O5/c1-4-20-6-7-21(5-2)9-11-23(15-19(26)27)13-12-22(10-8-20)14-18(25)16-28-17(3)24/h18,25H,4-16H2,1-3H3,(H,26,27). The van der Waals surface area contributed by atoms with Crippen LogP contribution in [0.25, 0.3) is 0 Å². The number of rotatable bonds is 8. The first kappa shape index (κ1) is 24.8. The molecule has 0 saturated carbocycles. The zero-order valence-electron chi connectivity index (χ0n) is 17.7. The minimum absolute atomic E-state index is 0.0163. The van der Waals surface area contributed by atoms with E-state index in [1.165, 1.54) is 6.92 Å². The molecule has 1 aliphatic heterocycles. The van der Waals surface area contributed by atoms with Crippen molar-refractivity contribution >= 4 is 11.9 Å². The van der Waals surface area contributed by atoms with Gasteiger partial charge in [0.05, 0.1) is 6.54 Å². The highest BCUT2D eigenvalue weighted by molar-refractivity contribution is 5.69. The van der Waals surface area contributed by atoms with Crippen LogP contribution in [-0.2, 0) is 14.3 Å². The van der Waals surface area contributed by atoms with Crippen molar-refractivity contribution in [2.75, 3.05) is 85.1 Å². The Bertz CT molecular complexity index is 466. The van der Waals surface area contributed by atoms with E-state index in [1.54, 1.807) is 0 Å². The summed E-state index contributed by atoms with van der Waals surface area (Å²) in [5.74, 6) is -1.23. The molecule has 1 unspecified atom stereocenters. The van der Waals surface area contributed by atoms with Crippen LogP contribution in [0.4, 0.5) is 0 Å². The molecule has 0 amide bonds. The van der Waals surface area contributed by atoms with Gasteiger partial charge in [-0.1, -0.05) is 13.8 Å². The molecule has 0 spiro atoms. The number of aliphatic hydroxyl groups is 1. The summed E-state index contributed by atoms with van der Waals surface area (Å²) in [5.41, 5.74) is 0. The van der Waals surface area contributed by atoms with E-state index in [-0.39, 0.29) is 13.2 Å². The van der Waals surface area contributed by atoms with E-state index in [0.717, 1.165) is 45.8 Å². The molecule has 0 bridgehead atoms. The lowest BCUT2D eigenvalue weighted by molar-refractivity contribution is -0.144. The lowest BCUT2D eigenvalue weighted by Crippen LogP contribution is -2.48. The molecule has 1 fully saturated rings. The van der Waals surface area contributed by atoms with Crippen molar-refractivity contribution < 1.29 is 24.5 Å². The maximum atomic E-state index is 11.2. The summed E-state index contributed by atoms with van der Waals surface area (Å²) in [4.78, 5) is 31.0. The number of carboxylic acids is 1. The molecule has 9 nitrogen and oxygen atoms in total. The minimum atomic E-state index is -0.825. The molecule has 1 aliphatic rings. The zero-order chi connectivity index (χ0) is 20.9. The lowest BCUT2D eigenvalue weighted by atomic mass is 10.3. The number of aliphatic carboxylic acids is 1. The van der Waals surface area contributed by atoms with Crippen LogP contribution in [0.1, 0.15) is 20.8 Å². The number of aliphatic hydroxyl groups excluding tert-OH is 1. The first-order chi connectivity index (χ1) is 13.3. The van der Waals surface area contributed by atoms with Gasteiger partial charge in [-0.15, -0.1) is 0 Å². The Hall–Kier alpha value is -1.26. The van der Waals surface area contributed by atoms with Crippen LogP contribution in [0.3, 0.4) is 0 Å². The van der Waals surface area contributed by atoms with E-state index in [1.807, 2.05) is 4.90 Å². The van der Waals surface area contributed by atoms with E-state index < -0.39 is 18.0 Å². The van der Waals surface area contributed by atoms with Gasteiger partial charge in [0.15, 0.2) is 0 Å². The van der Waals surface area contributed by atoms with Crippen LogP contribution >= 0.6 is 0 Å². The summed E-state index contributed by atoms with van der Waals surface area (Å²) < 4.78 is 4.90. The molecule has 9 heteroatoms. The molecule has 1 rings (SSSR count). The molecule has 0 aromatic rings. The minimum Gasteiger partial charge on any atom is -0.480 e. The van der Waals surface area contributed by atoms with Crippen molar-refractivity contribution in [2.45, 2.75) is 26.9 Å². The number of carboxylic acid groups (broad SMARTS) is 1. The van der Waals surface area contributed by atoms with Crippen LogP contribution < -0.4 is 0 Å². The third-order valence-electron chi connectivity index (χ3n) is 5.13. The molecule has 0 aromatic heterocycles. The second-order valence-corrected chi connectivity index (χ2v) is 7.30. The van der Waals surface area contributed by atoms with Gasteiger partial charge < -0.3 is 24.7 Å². The third-order valence-corrected chi connectivity index (χ3v) is 5.13. The number of hydrogen-bond donors (Lipinski definition) is 2. The summed E-state index contributed by atoms with van der Waals surface area (Å²) in [5, 5.41) is 19.4. The van der Waals surface area contributed by atoms with E-state index in [9.17, 15) is 19.8 Å². The topological polar surface area (TPSA) is 96.8 Å². The highest BCUT2D eigenvalue weighted by atomic mass is 16.5. The fraction of sp³-hybridized carbons (Fsp3) is 0.895. The second-order valence-electron chi connectivity index (χ2n) is 7.30. The molecule has 0 radical (unpaired) electrons. The zero-order valence-corrected chi connectivity index (χ0v) is 17.7. The molecule has 0 aromatic carbocycles. The van der Waals surface area contributed by atoms with Gasteiger partial charge >= 0.3 is 11.9 Å². The van der Waals surface area contributed by atoms with E-state index in [2.05, 4.69) is 28.5 Å². The average molecular weight is 403 g/mol. The number of likely N-dealkylation sites (N-methyl/N-ethyl adjacent to an activating group) is 2. The maximum absolute atomic E-state index is 11.2. The summed E-state index contributed by atoms with van der Waals surface area (Å²) in [6.07, 6.45) is -0.754. The molecule has 0 aliphatic carbocycles. The molecule has 2 N–H and O–H groups in total. The first-order valence-electron chi connectivity index (χ1n) is 10.3. The number of β-amino-alcohol motifs (C(OH)–C–C–N with tert-alkyl or cyclic N) is 1. The van der Waals surface area contributed by atoms with Gasteiger partial charge in [0, 0.05) is 65.8 Å². The normalized spacial score (nSPS) is 20.9. The van der Waals surface area contributed by atoms with E-state index >= 15 is 0 Å². The molecule has 1 heterocycles. The van der Waals surface area contributed by atoms with Crippen LogP contribution in [0.2, 0.25) is 0 Å². The smallest absolute Gasteiger partial charge is 0.317 e. The van der Waals surface area contributed by atoms with Gasteiger partial charge in [0.1, 0.15) is 12.7 Å². The van der Waals surface area contributed by atoms with E-state index in [4.69, 9.17) is 4.74 Å². The van der Waals surface area contributed by atoms with Crippen molar-refractivity contribution in [1.29, 1.82) is 0 Å². The Morgan fingerprint density at radius 3 is 1.68 bits per heavy atom. The van der Waals surface area contributed by atoms with E-state index in [0.29, 0.717) is 26.2 Å². The number of esters is 1. The Morgan fingerprint density at radius 2 is 1.29 bits per heavy atom. The SMILES string of the molecule is CCN1CCN(CC)CCN(CC(O)COC(C)=O)CCN(CC(=O)O)CC1. The quantitative estimate of drug-likeness (QED) is 0.509. The van der Waals surface area contributed by atoms with Crippen molar-refractivity contribution in [1.82, 2.24) is 19.6 Å². The highest BCUT2D eigenvalue weighted by Crippen LogP contribution is 2.02. The predicted molar refractivity (Wildman–Crippen MR) is 107 cm³/mol. The Labute approximate surface area is 168 Å². The maximum Gasteiger partial charge on any atom is 0.317 e. The van der Waals surface area contributed by atoms with Gasteiger partial charge in [-0.05, 0) is 13.1 Å². The fourth-order valence-electron chi connectivity index (χ4n) is 3.31. The third kappa shape index (κ3) is 10.9. The van der Waals surface area contributed by atoms with Crippen molar-refractivity contribution in [3.63, 3.8) is 0 Å². The molecular weight excluding hydrogens is 364 g/mol.